The highest BCUT2D eigenvalue weighted by Crippen LogP contribution is 2.09. The van der Waals surface area contributed by atoms with Crippen LogP contribution in [0.15, 0.2) is 24.3 Å². The predicted molar refractivity (Wildman–Crippen MR) is 61.0 cm³/mol. The van der Waals surface area contributed by atoms with Crippen molar-refractivity contribution in [3.05, 3.63) is 29.8 Å². The molecule has 1 atom stereocenters. The number of methoxy groups -OCH3 is 1. The summed E-state index contributed by atoms with van der Waals surface area (Å²) in [5, 5.41) is 12.2. The number of carbonyl (C=O) groups is 1. The normalized spacial score (nSPS) is 12.1. The summed E-state index contributed by atoms with van der Waals surface area (Å²) in [6.07, 6.45) is 0. The van der Waals surface area contributed by atoms with Crippen molar-refractivity contribution in [1.29, 1.82) is 0 Å². The zero-order valence-corrected chi connectivity index (χ0v) is 9.56. The van der Waals surface area contributed by atoms with Crippen molar-refractivity contribution < 1.29 is 14.6 Å². The second kappa shape index (κ2) is 6.12. The number of hydrogen-bond donors (Lipinski definition) is 2. The molecule has 0 aliphatic carbocycles. The quantitative estimate of drug-likeness (QED) is 0.738. The summed E-state index contributed by atoms with van der Waals surface area (Å²) in [5.41, 5.74) is 1.06. The molecule has 1 rings (SSSR count). The Bertz CT molecular complexity index is 335. The van der Waals surface area contributed by atoms with E-state index in [-0.39, 0.29) is 17.6 Å². The molecule has 0 heterocycles. The Morgan fingerprint density at radius 2 is 2.06 bits per heavy atom. The average Bonchev–Trinajstić information content (AvgIpc) is 2.30. The van der Waals surface area contributed by atoms with Gasteiger partial charge in [-0.2, -0.15) is 0 Å². The lowest BCUT2D eigenvalue weighted by molar-refractivity contribution is -0.144. The SMILES string of the molecule is COC(=O)C(C)CNCc1ccc(O)cc1. The van der Waals surface area contributed by atoms with Crippen molar-refractivity contribution >= 4 is 5.97 Å². The van der Waals surface area contributed by atoms with Gasteiger partial charge >= 0.3 is 5.97 Å². The van der Waals surface area contributed by atoms with Gasteiger partial charge in [0.1, 0.15) is 5.75 Å². The maximum Gasteiger partial charge on any atom is 0.309 e. The number of benzene rings is 1. The van der Waals surface area contributed by atoms with E-state index in [9.17, 15) is 4.79 Å². The highest BCUT2D eigenvalue weighted by atomic mass is 16.5. The molecule has 1 aromatic rings. The lowest BCUT2D eigenvalue weighted by Gasteiger charge is -2.10. The van der Waals surface area contributed by atoms with Gasteiger partial charge in [0.25, 0.3) is 0 Å². The van der Waals surface area contributed by atoms with Crippen molar-refractivity contribution in [3.63, 3.8) is 0 Å². The lowest BCUT2D eigenvalue weighted by atomic mass is 10.1. The molecule has 16 heavy (non-hydrogen) atoms. The lowest BCUT2D eigenvalue weighted by Crippen LogP contribution is -2.26. The number of aromatic hydroxyl groups is 1. The molecule has 0 bridgehead atoms. The van der Waals surface area contributed by atoms with E-state index in [0.717, 1.165) is 5.56 Å². The van der Waals surface area contributed by atoms with Crippen LogP contribution in [-0.4, -0.2) is 24.7 Å². The fourth-order valence-corrected chi connectivity index (χ4v) is 1.33. The Morgan fingerprint density at radius 1 is 1.44 bits per heavy atom. The van der Waals surface area contributed by atoms with Gasteiger partial charge in [-0.3, -0.25) is 4.79 Å². The van der Waals surface area contributed by atoms with Gasteiger partial charge in [0, 0.05) is 13.1 Å². The maximum absolute atomic E-state index is 11.1. The van der Waals surface area contributed by atoms with E-state index in [4.69, 9.17) is 5.11 Å². The van der Waals surface area contributed by atoms with Crippen LogP contribution in [0.5, 0.6) is 5.75 Å². The van der Waals surface area contributed by atoms with Crippen LogP contribution in [0.3, 0.4) is 0 Å². The first-order valence-corrected chi connectivity index (χ1v) is 5.20. The zero-order valence-electron chi connectivity index (χ0n) is 9.56. The van der Waals surface area contributed by atoms with E-state index < -0.39 is 0 Å². The number of nitrogens with one attached hydrogen (secondary N) is 1. The van der Waals surface area contributed by atoms with Crippen molar-refractivity contribution in [2.75, 3.05) is 13.7 Å². The molecular weight excluding hydrogens is 206 g/mol. The molecule has 0 aromatic heterocycles. The first kappa shape index (κ1) is 12.5. The molecule has 4 heteroatoms. The van der Waals surface area contributed by atoms with Crippen LogP contribution in [0.2, 0.25) is 0 Å². The van der Waals surface area contributed by atoms with E-state index in [1.807, 2.05) is 19.1 Å². The number of ether oxygens (including phenoxy) is 1. The maximum atomic E-state index is 11.1. The van der Waals surface area contributed by atoms with Crippen molar-refractivity contribution in [3.8, 4) is 5.75 Å². The van der Waals surface area contributed by atoms with Crippen LogP contribution in [-0.2, 0) is 16.1 Å². The largest absolute Gasteiger partial charge is 0.508 e. The summed E-state index contributed by atoms with van der Waals surface area (Å²) in [6, 6.07) is 6.96. The standard InChI is InChI=1S/C12H17NO3/c1-9(12(15)16-2)7-13-8-10-3-5-11(14)6-4-10/h3-6,9,13-14H,7-8H2,1-2H3. The van der Waals surface area contributed by atoms with Gasteiger partial charge in [-0.05, 0) is 17.7 Å². The fraction of sp³-hybridized carbons (Fsp3) is 0.417. The van der Waals surface area contributed by atoms with Crippen LogP contribution in [0.1, 0.15) is 12.5 Å². The minimum Gasteiger partial charge on any atom is -0.508 e. The Kier molecular flexibility index (Phi) is 4.79. The van der Waals surface area contributed by atoms with E-state index in [1.165, 1.54) is 7.11 Å². The summed E-state index contributed by atoms with van der Waals surface area (Å²) < 4.78 is 4.62. The second-order valence-corrected chi connectivity index (χ2v) is 3.72. The van der Waals surface area contributed by atoms with Gasteiger partial charge in [0.15, 0.2) is 0 Å². The third-order valence-electron chi connectivity index (χ3n) is 2.32. The minimum atomic E-state index is -0.210. The smallest absolute Gasteiger partial charge is 0.309 e. The van der Waals surface area contributed by atoms with E-state index in [0.29, 0.717) is 13.1 Å². The molecule has 1 unspecified atom stereocenters. The number of phenols is 1. The first-order chi connectivity index (χ1) is 7.63. The van der Waals surface area contributed by atoms with E-state index in [1.54, 1.807) is 12.1 Å². The van der Waals surface area contributed by atoms with Gasteiger partial charge in [-0.25, -0.2) is 0 Å². The van der Waals surface area contributed by atoms with Gasteiger partial charge in [-0.15, -0.1) is 0 Å². The van der Waals surface area contributed by atoms with E-state index in [2.05, 4.69) is 10.1 Å². The molecule has 0 radical (unpaired) electrons. The topological polar surface area (TPSA) is 58.6 Å². The summed E-state index contributed by atoms with van der Waals surface area (Å²) in [6.45, 7) is 3.06. The van der Waals surface area contributed by atoms with Crippen molar-refractivity contribution in [2.45, 2.75) is 13.5 Å². The van der Waals surface area contributed by atoms with Crippen LogP contribution >= 0.6 is 0 Å². The Balaban J connectivity index is 2.30. The highest BCUT2D eigenvalue weighted by Gasteiger charge is 2.11. The molecule has 0 aliphatic rings. The second-order valence-electron chi connectivity index (χ2n) is 3.72. The molecular formula is C12H17NO3. The predicted octanol–water partition coefficient (Wildman–Crippen LogP) is 1.29. The third kappa shape index (κ3) is 3.90. The van der Waals surface area contributed by atoms with Crippen LogP contribution in [0, 0.1) is 5.92 Å². The molecule has 0 fully saturated rings. The molecule has 0 amide bonds. The third-order valence-corrected chi connectivity index (χ3v) is 2.32. The molecule has 0 aliphatic heterocycles. The Hall–Kier alpha value is -1.55. The van der Waals surface area contributed by atoms with Gasteiger partial charge < -0.3 is 15.2 Å². The minimum absolute atomic E-state index is 0.151. The Labute approximate surface area is 95.2 Å². The zero-order chi connectivity index (χ0) is 12.0. The summed E-state index contributed by atoms with van der Waals surface area (Å²) in [7, 11) is 1.39. The van der Waals surface area contributed by atoms with Gasteiger partial charge in [0.2, 0.25) is 0 Å². The first-order valence-electron chi connectivity index (χ1n) is 5.20. The number of hydrogen-bond acceptors (Lipinski definition) is 4. The van der Waals surface area contributed by atoms with E-state index >= 15 is 0 Å². The molecule has 88 valence electrons. The molecule has 0 saturated carbocycles. The van der Waals surface area contributed by atoms with Crippen LogP contribution in [0.4, 0.5) is 0 Å². The molecule has 2 N–H and O–H groups in total. The van der Waals surface area contributed by atoms with Crippen LogP contribution in [0.25, 0.3) is 0 Å². The monoisotopic (exact) mass is 223 g/mol. The molecule has 1 aromatic carbocycles. The summed E-state index contributed by atoms with van der Waals surface area (Å²) in [4.78, 5) is 11.1. The number of esters is 1. The van der Waals surface area contributed by atoms with Gasteiger partial charge in [-0.1, -0.05) is 19.1 Å². The highest BCUT2D eigenvalue weighted by molar-refractivity contribution is 5.72. The molecule has 4 nitrogen and oxygen atoms in total. The molecule has 0 saturated heterocycles. The van der Waals surface area contributed by atoms with Gasteiger partial charge in [0.05, 0.1) is 13.0 Å². The fourth-order valence-electron chi connectivity index (χ4n) is 1.33. The molecule has 0 spiro atoms. The number of rotatable bonds is 5. The number of phenolic OH excluding ortho intramolecular Hbond substituents is 1. The summed E-state index contributed by atoms with van der Waals surface area (Å²) in [5.74, 6) is -0.105. The van der Waals surface area contributed by atoms with Crippen molar-refractivity contribution in [1.82, 2.24) is 5.32 Å². The Morgan fingerprint density at radius 3 is 2.62 bits per heavy atom. The van der Waals surface area contributed by atoms with Crippen molar-refractivity contribution in [2.24, 2.45) is 5.92 Å². The summed E-state index contributed by atoms with van der Waals surface area (Å²) >= 11 is 0. The average molecular weight is 223 g/mol. The van der Waals surface area contributed by atoms with Crippen LogP contribution < -0.4 is 5.32 Å². The number of carbonyl (C=O) groups excluding carboxylic acids is 1.